The highest BCUT2D eigenvalue weighted by atomic mass is 35.5. The van der Waals surface area contributed by atoms with Crippen molar-refractivity contribution in [2.45, 2.75) is 4.90 Å². The lowest BCUT2D eigenvalue weighted by Crippen LogP contribution is -2.14. The maximum absolute atomic E-state index is 12.7. The van der Waals surface area contributed by atoms with Gasteiger partial charge < -0.3 is 4.42 Å². The van der Waals surface area contributed by atoms with Gasteiger partial charge in [-0.05, 0) is 72.8 Å². The van der Waals surface area contributed by atoms with Crippen molar-refractivity contribution in [2.24, 2.45) is 4.99 Å². The third kappa shape index (κ3) is 5.19. The van der Waals surface area contributed by atoms with E-state index in [-0.39, 0.29) is 15.9 Å². The molecule has 174 valence electrons. The lowest BCUT2D eigenvalue weighted by Gasteiger charge is -2.07. The Morgan fingerprint density at radius 1 is 0.829 bits per heavy atom. The number of sulfonamides is 1. The molecule has 10 heteroatoms. The third-order valence-electron chi connectivity index (χ3n) is 5.05. The van der Waals surface area contributed by atoms with Gasteiger partial charge >= 0.3 is 0 Å². The number of benzene rings is 3. The Hall–Kier alpha value is -3.72. The summed E-state index contributed by atoms with van der Waals surface area (Å²) in [6, 6.07) is 25.8. The summed E-state index contributed by atoms with van der Waals surface area (Å²) in [7, 11) is -3.86. The van der Waals surface area contributed by atoms with E-state index in [1.165, 1.54) is 24.3 Å². The van der Waals surface area contributed by atoms with E-state index in [1.54, 1.807) is 24.3 Å². The van der Waals surface area contributed by atoms with Gasteiger partial charge in [-0.1, -0.05) is 35.3 Å². The number of nitrogens with one attached hydrogen (secondary N) is 1. The molecule has 0 aliphatic heterocycles. The Bertz CT molecular complexity index is 1690. The Morgan fingerprint density at radius 2 is 1.57 bits per heavy atom. The van der Waals surface area contributed by atoms with Crippen LogP contribution in [0.25, 0.3) is 22.3 Å². The highest BCUT2D eigenvalue weighted by Gasteiger charge is 2.15. The van der Waals surface area contributed by atoms with Crippen LogP contribution in [0.4, 0.5) is 11.5 Å². The molecule has 0 radical (unpaired) electrons. The van der Waals surface area contributed by atoms with Crippen molar-refractivity contribution in [1.29, 1.82) is 0 Å². The Kier molecular flexibility index (Phi) is 6.25. The Labute approximate surface area is 210 Å². The Balaban J connectivity index is 1.51. The zero-order valence-corrected chi connectivity index (χ0v) is 20.2. The van der Waals surface area contributed by atoms with E-state index >= 15 is 0 Å². The van der Waals surface area contributed by atoms with Gasteiger partial charge in [0.2, 0.25) is 0 Å². The molecule has 0 saturated carbocycles. The number of anilines is 1. The largest absolute Gasteiger partial charge is 0.456 e. The van der Waals surface area contributed by atoms with E-state index in [4.69, 9.17) is 32.6 Å². The molecule has 5 aromatic rings. The average Bonchev–Trinajstić information content (AvgIpc) is 2.86. The first kappa shape index (κ1) is 23.0. The van der Waals surface area contributed by atoms with Gasteiger partial charge in [0.1, 0.15) is 11.3 Å². The number of nitrogens with zero attached hydrogens (tertiary/aromatic N) is 3. The maximum Gasteiger partial charge on any atom is 0.263 e. The van der Waals surface area contributed by atoms with E-state index in [2.05, 4.69) is 14.9 Å². The normalized spacial score (nSPS) is 12.1. The first-order valence-electron chi connectivity index (χ1n) is 10.3. The molecule has 3 aromatic carbocycles. The summed E-state index contributed by atoms with van der Waals surface area (Å²) in [4.78, 5) is 4.81. The van der Waals surface area contributed by atoms with Crippen LogP contribution in [0.1, 0.15) is 0 Å². The zero-order chi connectivity index (χ0) is 24.4. The van der Waals surface area contributed by atoms with Gasteiger partial charge in [0, 0.05) is 22.0 Å². The average molecular weight is 523 g/mol. The fourth-order valence-corrected chi connectivity index (χ4v) is 4.60. The van der Waals surface area contributed by atoms with Gasteiger partial charge in [-0.25, -0.2) is 13.4 Å². The summed E-state index contributed by atoms with van der Waals surface area (Å²) in [5, 5.41) is 9.66. The summed E-state index contributed by atoms with van der Waals surface area (Å²) in [5.41, 5.74) is 2.11. The quantitative estimate of drug-likeness (QED) is 0.295. The first-order valence-corrected chi connectivity index (χ1v) is 12.6. The highest BCUT2D eigenvalue weighted by Crippen LogP contribution is 2.25. The first-order chi connectivity index (χ1) is 16.9. The fourth-order valence-electron chi connectivity index (χ4n) is 3.37. The van der Waals surface area contributed by atoms with E-state index in [0.717, 1.165) is 10.9 Å². The molecule has 0 aliphatic carbocycles. The van der Waals surface area contributed by atoms with Gasteiger partial charge in [-0.3, -0.25) is 4.72 Å². The smallest absolute Gasteiger partial charge is 0.263 e. The maximum atomic E-state index is 12.7. The van der Waals surface area contributed by atoms with E-state index < -0.39 is 10.0 Å². The van der Waals surface area contributed by atoms with Crippen molar-refractivity contribution < 1.29 is 12.8 Å². The molecule has 0 bridgehead atoms. The highest BCUT2D eigenvalue weighted by molar-refractivity contribution is 7.92. The van der Waals surface area contributed by atoms with E-state index in [1.807, 2.05) is 42.5 Å². The molecular formula is C25H16Cl2N4O3S. The third-order valence-corrected chi connectivity index (χ3v) is 6.87. The number of halogens is 2. The predicted octanol–water partition coefficient (Wildman–Crippen LogP) is 6.23. The summed E-state index contributed by atoms with van der Waals surface area (Å²) < 4.78 is 33.8. The molecule has 2 heterocycles. The van der Waals surface area contributed by atoms with Crippen LogP contribution in [-0.4, -0.2) is 18.6 Å². The number of rotatable bonds is 5. The van der Waals surface area contributed by atoms with Crippen LogP contribution in [0, 0.1) is 0 Å². The number of hydrogen-bond donors (Lipinski definition) is 1. The monoisotopic (exact) mass is 522 g/mol. The molecule has 1 N–H and O–H groups in total. The zero-order valence-electron chi connectivity index (χ0n) is 17.9. The van der Waals surface area contributed by atoms with Crippen LogP contribution in [-0.2, 0) is 10.0 Å². The van der Waals surface area contributed by atoms with Crippen molar-refractivity contribution in [3.05, 3.63) is 107 Å². The fraction of sp³-hybridized carbons (Fsp3) is 0. The number of para-hydroxylation sites is 1. The SMILES string of the molecule is O=S(=O)(Nc1ccc(Cl)nn1)c1ccc(N=c2cc(-c3ccc(Cl)cc3)oc3ccccc23)cc1. The van der Waals surface area contributed by atoms with Crippen molar-refractivity contribution in [2.75, 3.05) is 4.72 Å². The second kappa shape index (κ2) is 9.50. The molecule has 0 fully saturated rings. The Morgan fingerprint density at radius 3 is 2.29 bits per heavy atom. The van der Waals surface area contributed by atoms with Gasteiger partial charge in [0.25, 0.3) is 10.0 Å². The van der Waals surface area contributed by atoms with Gasteiger partial charge in [0.05, 0.1) is 15.9 Å². The van der Waals surface area contributed by atoms with Crippen LogP contribution in [0.3, 0.4) is 0 Å². The molecule has 5 rings (SSSR count). The van der Waals surface area contributed by atoms with Crippen LogP contribution in [0.2, 0.25) is 10.2 Å². The van der Waals surface area contributed by atoms with Crippen molar-refractivity contribution in [3.63, 3.8) is 0 Å². The van der Waals surface area contributed by atoms with Crippen molar-refractivity contribution in [1.82, 2.24) is 10.2 Å². The van der Waals surface area contributed by atoms with Gasteiger partial charge in [-0.2, -0.15) is 0 Å². The molecule has 0 aliphatic rings. The summed E-state index contributed by atoms with van der Waals surface area (Å²) in [5.74, 6) is 0.698. The lowest BCUT2D eigenvalue weighted by atomic mass is 10.1. The molecule has 35 heavy (non-hydrogen) atoms. The molecule has 7 nitrogen and oxygen atoms in total. The van der Waals surface area contributed by atoms with Crippen molar-refractivity contribution in [3.8, 4) is 11.3 Å². The van der Waals surface area contributed by atoms with Crippen molar-refractivity contribution >= 4 is 55.7 Å². The molecule has 0 spiro atoms. The number of hydrogen-bond acceptors (Lipinski definition) is 6. The minimum Gasteiger partial charge on any atom is -0.456 e. The van der Waals surface area contributed by atoms with Gasteiger partial charge in [0.15, 0.2) is 11.0 Å². The lowest BCUT2D eigenvalue weighted by molar-refractivity contribution is 0.601. The summed E-state index contributed by atoms with van der Waals surface area (Å²) in [6.45, 7) is 0. The molecule has 0 atom stereocenters. The predicted molar refractivity (Wildman–Crippen MR) is 136 cm³/mol. The minimum atomic E-state index is -3.86. The summed E-state index contributed by atoms with van der Waals surface area (Å²) >= 11 is 11.7. The minimum absolute atomic E-state index is 0.0583. The number of aromatic nitrogens is 2. The second-order valence-corrected chi connectivity index (χ2v) is 9.96. The van der Waals surface area contributed by atoms with E-state index in [9.17, 15) is 8.42 Å². The van der Waals surface area contributed by atoms with Crippen LogP contribution < -0.4 is 10.1 Å². The summed E-state index contributed by atoms with van der Waals surface area (Å²) in [6.07, 6.45) is 0. The number of fused-ring (bicyclic) bond motifs is 1. The van der Waals surface area contributed by atoms with Crippen LogP contribution in [0.15, 0.2) is 105 Å². The molecule has 0 unspecified atom stereocenters. The molecule has 0 amide bonds. The standard InChI is InChI=1S/C25H16Cl2N4O3S/c26-17-7-5-16(6-8-17)23-15-21(20-3-1-2-4-22(20)34-23)28-18-9-11-19(12-10-18)35(32,33)31-25-14-13-24(27)29-30-25/h1-15H,(H,30,31). The molecular weight excluding hydrogens is 507 g/mol. The van der Waals surface area contributed by atoms with Crippen LogP contribution in [0.5, 0.6) is 0 Å². The topological polar surface area (TPSA) is 97.5 Å². The van der Waals surface area contributed by atoms with Gasteiger partial charge in [-0.15, -0.1) is 10.2 Å². The molecule has 0 saturated heterocycles. The van der Waals surface area contributed by atoms with Crippen LogP contribution >= 0.6 is 23.2 Å². The van der Waals surface area contributed by atoms with E-state index in [0.29, 0.717) is 27.4 Å². The molecule has 2 aromatic heterocycles. The second-order valence-electron chi connectivity index (χ2n) is 7.45.